The van der Waals surface area contributed by atoms with E-state index in [0.717, 1.165) is 5.56 Å². The first-order valence-corrected chi connectivity index (χ1v) is 12.8. The highest BCUT2D eigenvalue weighted by atomic mass is 16.5. The second-order valence-electron chi connectivity index (χ2n) is 9.20. The summed E-state index contributed by atoms with van der Waals surface area (Å²) in [4.78, 5) is 38.0. The highest BCUT2D eigenvalue weighted by Gasteiger charge is 2.32. The third-order valence-electron chi connectivity index (χ3n) is 6.27. The van der Waals surface area contributed by atoms with E-state index in [4.69, 9.17) is 4.74 Å². The molecule has 0 aliphatic carbocycles. The molecule has 4 rings (SSSR count). The van der Waals surface area contributed by atoms with Crippen molar-refractivity contribution in [2.75, 3.05) is 0 Å². The molecule has 0 fully saturated rings. The van der Waals surface area contributed by atoms with Crippen LogP contribution in [0, 0.1) is 0 Å². The molecule has 0 unspecified atom stereocenters. The zero-order chi connectivity index (χ0) is 28.3. The van der Waals surface area contributed by atoms with Crippen molar-refractivity contribution in [3.63, 3.8) is 0 Å². The Balaban J connectivity index is 1.45. The Bertz CT molecular complexity index is 1410. The minimum absolute atomic E-state index is 0.0390. The minimum Gasteiger partial charge on any atom is -0.489 e. The van der Waals surface area contributed by atoms with Crippen LogP contribution in [0.1, 0.15) is 33.1 Å². The number of nitrogens with one attached hydrogen (secondary N) is 2. The van der Waals surface area contributed by atoms with Gasteiger partial charge < -0.3 is 25.6 Å². The summed E-state index contributed by atoms with van der Waals surface area (Å²) in [6, 6.07) is 31.1. The van der Waals surface area contributed by atoms with Gasteiger partial charge in [-0.1, -0.05) is 91.0 Å². The predicted molar refractivity (Wildman–Crippen MR) is 150 cm³/mol. The number of carbonyl (C=O) groups excluding carboxylic acids is 2. The number of hydrogen-bond donors (Lipinski definition) is 4. The summed E-state index contributed by atoms with van der Waals surface area (Å²) < 4.78 is 5.83. The molecule has 2 amide bonds. The fraction of sp³-hybridized carbons (Fsp3) is 0.156. The third kappa shape index (κ3) is 7.78. The third-order valence-corrected chi connectivity index (χ3v) is 6.27. The van der Waals surface area contributed by atoms with Crippen molar-refractivity contribution < 1.29 is 29.3 Å². The first-order chi connectivity index (χ1) is 19.4. The van der Waals surface area contributed by atoms with E-state index in [1.807, 2.05) is 30.3 Å². The monoisotopic (exact) mass is 538 g/mol. The fourth-order valence-corrected chi connectivity index (χ4v) is 4.17. The Hall–Kier alpha value is -4.95. The summed E-state index contributed by atoms with van der Waals surface area (Å²) in [5.41, 5.74) is 2.47. The standard InChI is InChI=1S/C32H30N2O6/c35-29(28(24-14-6-2-7-15-24)34-30(36)25-16-8-3-9-17-25)31(37)33-27(32(38)39)20-23-13-10-18-26(19-23)40-21-22-11-4-1-5-12-22/h1-19,27-29,35H,20-21H2,(H,33,37)(H,34,36)(H,38,39)/t27-,28-,29+/m0/s1. The largest absolute Gasteiger partial charge is 0.489 e. The topological polar surface area (TPSA) is 125 Å². The Morgan fingerprint density at radius 2 is 1.32 bits per heavy atom. The van der Waals surface area contributed by atoms with E-state index in [0.29, 0.717) is 29.0 Å². The number of carboxylic acids is 1. The number of amides is 2. The van der Waals surface area contributed by atoms with Crippen LogP contribution in [-0.4, -0.2) is 40.1 Å². The summed E-state index contributed by atoms with van der Waals surface area (Å²) in [6.45, 7) is 0.352. The van der Waals surface area contributed by atoms with E-state index < -0.39 is 36.0 Å². The van der Waals surface area contributed by atoms with Crippen LogP contribution < -0.4 is 15.4 Å². The van der Waals surface area contributed by atoms with Crippen LogP contribution in [-0.2, 0) is 22.6 Å². The Kier molecular flexibility index (Phi) is 9.63. The van der Waals surface area contributed by atoms with Gasteiger partial charge in [-0.2, -0.15) is 0 Å². The van der Waals surface area contributed by atoms with Crippen LogP contribution in [0.15, 0.2) is 115 Å². The van der Waals surface area contributed by atoms with Gasteiger partial charge in [-0.05, 0) is 41.0 Å². The molecule has 0 aliphatic heterocycles. The maximum Gasteiger partial charge on any atom is 0.326 e. The number of aliphatic carboxylic acids is 1. The summed E-state index contributed by atoms with van der Waals surface area (Å²) in [6.07, 6.45) is -1.79. The summed E-state index contributed by atoms with van der Waals surface area (Å²) in [5, 5.41) is 26.0. The van der Waals surface area contributed by atoms with Gasteiger partial charge in [-0.15, -0.1) is 0 Å². The van der Waals surface area contributed by atoms with E-state index in [1.54, 1.807) is 84.9 Å². The number of ether oxygens (including phenoxy) is 1. The molecule has 0 aromatic heterocycles. The highest BCUT2D eigenvalue weighted by molar-refractivity contribution is 5.95. The Morgan fingerprint density at radius 3 is 1.98 bits per heavy atom. The van der Waals surface area contributed by atoms with Gasteiger partial charge in [0.05, 0.1) is 6.04 Å². The van der Waals surface area contributed by atoms with E-state index in [1.165, 1.54) is 0 Å². The van der Waals surface area contributed by atoms with E-state index >= 15 is 0 Å². The van der Waals surface area contributed by atoms with Gasteiger partial charge in [0.2, 0.25) is 0 Å². The molecular weight excluding hydrogens is 508 g/mol. The fourth-order valence-electron chi connectivity index (χ4n) is 4.17. The molecule has 0 saturated heterocycles. The molecule has 0 radical (unpaired) electrons. The molecular formula is C32H30N2O6. The summed E-state index contributed by atoms with van der Waals surface area (Å²) >= 11 is 0. The van der Waals surface area contributed by atoms with Crippen LogP contribution >= 0.6 is 0 Å². The number of aliphatic hydroxyl groups excluding tert-OH is 1. The molecule has 4 N–H and O–H groups in total. The maximum absolute atomic E-state index is 13.1. The van der Waals surface area contributed by atoms with Gasteiger partial charge in [-0.25, -0.2) is 4.79 Å². The van der Waals surface area contributed by atoms with Gasteiger partial charge >= 0.3 is 5.97 Å². The van der Waals surface area contributed by atoms with Gasteiger partial charge in [0, 0.05) is 12.0 Å². The number of carboxylic acid groups (broad SMARTS) is 1. The molecule has 0 saturated carbocycles. The molecule has 40 heavy (non-hydrogen) atoms. The van der Waals surface area contributed by atoms with Crippen molar-refractivity contribution in [3.8, 4) is 5.75 Å². The van der Waals surface area contributed by atoms with Crippen molar-refractivity contribution in [2.45, 2.75) is 31.2 Å². The van der Waals surface area contributed by atoms with Crippen molar-refractivity contribution in [1.29, 1.82) is 0 Å². The van der Waals surface area contributed by atoms with Crippen LogP contribution in [0.2, 0.25) is 0 Å². The molecule has 0 heterocycles. The van der Waals surface area contributed by atoms with Gasteiger partial charge in [0.15, 0.2) is 6.10 Å². The van der Waals surface area contributed by atoms with Crippen molar-refractivity contribution in [1.82, 2.24) is 10.6 Å². The van der Waals surface area contributed by atoms with E-state index in [2.05, 4.69) is 10.6 Å². The maximum atomic E-state index is 13.1. The first-order valence-electron chi connectivity index (χ1n) is 12.8. The number of hydrogen-bond acceptors (Lipinski definition) is 5. The molecule has 0 aliphatic rings. The zero-order valence-corrected chi connectivity index (χ0v) is 21.6. The number of carbonyl (C=O) groups is 3. The van der Waals surface area contributed by atoms with E-state index in [9.17, 15) is 24.6 Å². The number of rotatable bonds is 12. The normalized spacial score (nSPS) is 12.9. The second-order valence-corrected chi connectivity index (χ2v) is 9.20. The molecule has 4 aromatic rings. The van der Waals surface area contributed by atoms with Crippen LogP contribution in [0.5, 0.6) is 5.75 Å². The smallest absolute Gasteiger partial charge is 0.326 e. The van der Waals surface area contributed by atoms with Gasteiger partial charge in [0.25, 0.3) is 11.8 Å². The first kappa shape index (κ1) is 28.1. The lowest BCUT2D eigenvalue weighted by atomic mass is 9.99. The lowest BCUT2D eigenvalue weighted by molar-refractivity contribution is -0.143. The molecule has 8 heteroatoms. The van der Waals surface area contributed by atoms with Crippen molar-refractivity contribution >= 4 is 17.8 Å². The van der Waals surface area contributed by atoms with Gasteiger partial charge in [0.1, 0.15) is 18.4 Å². The SMILES string of the molecule is O=C(N[C@@H](c1ccccc1)[C@@H](O)C(=O)N[C@@H](Cc1cccc(OCc2ccccc2)c1)C(=O)O)c1ccccc1. The van der Waals surface area contributed by atoms with Crippen LogP contribution in [0.4, 0.5) is 0 Å². The molecule has 0 bridgehead atoms. The lowest BCUT2D eigenvalue weighted by Gasteiger charge is -2.25. The molecule has 0 spiro atoms. The molecule has 4 aromatic carbocycles. The molecule has 8 nitrogen and oxygen atoms in total. The molecule has 3 atom stereocenters. The molecule has 204 valence electrons. The minimum atomic E-state index is -1.75. The average molecular weight is 539 g/mol. The Morgan fingerprint density at radius 1 is 0.725 bits per heavy atom. The second kappa shape index (κ2) is 13.7. The van der Waals surface area contributed by atoms with Crippen LogP contribution in [0.25, 0.3) is 0 Å². The van der Waals surface area contributed by atoms with Gasteiger partial charge in [-0.3, -0.25) is 9.59 Å². The quantitative estimate of drug-likeness (QED) is 0.217. The summed E-state index contributed by atoms with van der Waals surface area (Å²) in [7, 11) is 0. The van der Waals surface area contributed by atoms with Crippen molar-refractivity contribution in [2.24, 2.45) is 0 Å². The lowest BCUT2D eigenvalue weighted by Crippen LogP contribution is -2.50. The number of benzene rings is 4. The number of aliphatic hydroxyl groups is 1. The Labute approximate surface area is 232 Å². The zero-order valence-electron chi connectivity index (χ0n) is 21.6. The van der Waals surface area contributed by atoms with E-state index in [-0.39, 0.29) is 6.42 Å². The predicted octanol–water partition coefficient (Wildman–Crippen LogP) is 3.91. The summed E-state index contributed by atoms with van der Waals surface area (Å²) in [5.74, 6) is -2.11. The average Bonchev–Trinajstić information content (AvgIpc) is 2.99. The van der Waals surface area contributed by atoms with Crippen LogP contribution in [0.3, 0.4) is 0 Å². The van der Waals surface area contributed by atoms with Crippen molar-refractivity contribution in [3.05, 3.63) is 138 Å². The highest BCUT2D eigenvalue weighted by Crippen LogP contribution is 2.20.